The van der Waals surface area contributed by atoms with E-state index in [0.29, 0.717) is 29.4 Å². The van der Waals surface area contributed by atoms with Gasteiger partial charge in [-0.2, -0.15) is 0 Å². The number of ether oxygens (including phenoxy) is 2. The van der Waals surface area contributed by atoms with Crippen LogP contribution in [-0.2, 0) is 6.61 Å². The van der Waals surface area contributed by atoms with Crippen molar-refractivity contribution in [2.75, 3.05) is 0 Å². The van der Waals surface area contributed by atoms with Crippen molar-refractivity contribution in [3.8, 4) is 11.5 Å². The first kappa shape index (κ1) is 16.1. The lowest BCUT2D eigenvalue weighted by Gasteiger charge is -2.07. The minimum atomic E-state index is -0.282. The van der Waals surface area contributed by atoms with Crippen LogP contribution in [0.3, 0.4) is 0 Å². The van der Waals surface area contributed by atoms with Crippen molar-refractivity contribution < 1.29 is 18.7 Å². The Morgan fingerprint density at radius 1 is 0.962 bits per heavy atom. The van der Waals surface area contributed by atoms with Crippen LogP contribution in [0.25, 0.3) is 6.08 Å². The van der Waals surface area contributed by atoms with Gasteiger partial charge in [0.2, 0.25) is 5.78 Å². The molecule has 3 nitrogen and oxygen atoms in total. The van der Waals surface area contributed by atoms with Crippen LogP contribution in [0, 0.1) is 5.82 Å². The molecule has 4 rings (SSSR count). The van der Waals surface area contributed by atoms with Gasteiger partial charge in [-0.05, 0) is 41.5 Å². The van der Waals surface area contributed by atoms with Gasteiger partial charge >= 0.3 is 0 Å². The van der Waals surface area contributed by atoms with E-state index in [1.54, 1.807) is 36.4 Å². The molecule has 0 radical (unpaired) electrons. The van der Waals surface area contributed by atoms with E-state index in [1.807, 2.05) is 30.3 Å². The molecule has 0 aliphatic carbocycles. The minimum Gasteiger partial charge on any atom is -0.489 e. The van der Waals surface area contributed by atoms with Crippen LogP contribution in [0.5, 0.6) is 11.5 Å². The number of allylic oxidation sites excluding steroid dienone is 1. The molecule has 0 saturated heterocycles. The number of Topliss-reactive ketones (excluding diaryl/α,β-unsaturated/α-hetero) is 1. The standard InChI is InChI=1S/C22H15FO3/c23-17-8-6-16(7-9-17)14-25-18-10-11-19-20(13-18)26-21(22(19)24)12-15-4-2-1-3-5-15/h1-13H,14H2. The molecule has 0 fully saturated rings. The maximum absolute atomic E-state index is 12.9. The number of halogens is 1. The van der Waals surface area contributed by atoms with E-state index in [-0.39, 0.29) is 11.6 Å². The number of rotatable bonds is 4. The van der Waals surface area contributed by atoms with Crippen LogP contribution in [0.1, 0.15) is 21.5 Å². The van der Waals surface area contributed by atoms with Gasteiger partial charge in [0.05, 0.1) is 5.56 Å². The number of benzene rings is 3. The molecule has 4 heteroatoms. The molecule has 128 valence electrons. The number of carbonyl (C=O) groups is 1. The number of fused-ring (bicyclic) bond motifs is 1. The molecule has 0 saturated carbocycles. The lowest BCUT2D eigenvalue weighted by molar-refractivity contribution is 0.101. The van der Waals surface area contributed by atoms with Gasteiger partial charge in [-0.25, -0.2) is 4.39 Å². The topological polar surface area (TPSA) is 35.5 Å². The quantitative estimate of drug-likeness (QED) is 0.622. The minimum absolute atomic E-state index is 0.145. The highest BCUT2D eigenvalue weighted by atomic mass is 19.1. The Morgan fingerprint density at radius 3 is 2.50 bits per heavy atom. The zero-order valence-corrected chi connectivity index (χ0v) is 13.8. The highest BCUT2D eigenvalue weighted by Gasteiger charge is 2.27. The van der Waals surface area contributed by atoms with Gasteiger partial charge < -0.3 is 9.47 Å². The van der Waals surface area contributed by atoms with Crippen LogP contribution >= 0.6 is 0 Å². The van der Waals surface area contributed by atoms with Crippen LogP contribution in [0.15, 0.2) is 78.6 Å². The van der Waals surface area contributed by atoms with Crippen molar-refractivity contribution in [3.63, 3.8) is 0 Å². The molecule has 0 amide bonds. The summed E-state index contributed by atoms with van der Waals surface area (Å²) >= 11 is 0. The molecule has 0 unspecified atom stereocenters. The van der Waals surface area contributed by atoms with Gasteiger partial charge in [0.25, 0.3) is 0 Å². The third kappa shape index (κ3) is 3.35. The third-order valence-corrected chi connectivity index (χ3v) is 4.06. The zero-order valence-electron chi connectivity index (χ0n) is 13.8. The summed E-state index contributed by atoms with van der Waals surface area (Å²) in [6.45, 7) is 0.305. The van der Waals surface area contributed by atoms with Crippen molar-refractivity contribution in [1.82, 2.24) is 0 Å². The van der Waals surface area contributed by atoms with Crippen molar-refractivity contribution in [2.45, 2.75) is 6.61 Å². The lowest BCUT2D eigenvalue weighted by atomic mass is 10.1. The normalized spacial score (nSPS) is 14.2. The lowest BCUT2D eigenvalue weighted by Crippen LogP contribution is -1.97. The maximum atomic E-state index is 12.9. The molecule has 3 aromatic rings. The summed E-state index contributed by atoms with van der Waals surface area (Å²) in [7, 11) is 0. The fraction of sp³-hybridized carbons (Fsp3) is 0.0455. The summed E-state index contributed by atoms with van der Waals surface area (Å²) in [4.78, 5) is 12.5. The molecule has 0 spiro atoms. The SMILES string of the molecule is O=C1C(=Cc2ccccc2)Oc2cc(OCc3ccc(F)cc3)ccc21. The third-order valence-electron chi connectivity index (χ3n) is 4.06. The van der Waals surface area contributed by atoms with Crippen LogP contribution in [0.2, 0.25) is 0 Å². The Hall–Kier alpha value is -3.40. The molecule has 1 aliphatic heterocycles. The second-order valence-electron chi connectivity index (χ2n) is 5.92. The monoisotopic (exact) mass is 346 g/mol. The van der Waals surface area contributed by atoms with E-state index in [9.17, 15) is 9.18 Å². The Morgan fingerprint density at radius 2 is 1.73 bits per heavy atom. The summed E-state index contributed by atoms with van der Waals surface area (Å²) in [5.41, 5.74) is 2.27. The van der Waals surface area contributed by atoms with Gasteiger partial charge in [-0.3, -0.25) is 4.79 Å². The molecule has 0 N–H and O–H groups in total. The first-order valence-corrected chi connectivity index (χ1v) is 8.20. The first-order valence-electron chi connectivity index (χ1n) is 8.20. The molecule has 26 heavy (non-hydrogen) atoms. The molecule has 3 aromatic carbocycles. The average Bonchev–Trinajstić information content (AvgIpc) is 2.97. The number of ketones is 1. The van der Waals surface area contributed by atoms with E-state index < -0.39 is 0 Å². The first-order chi connectivity index (χ1) is 12.7. The van der Waals surface area contributed by atoms with Crippen LogP contribution in [-0.4, -0.2) is 5.78 Å². The second-order valence-corrected chi connectivity index (χ2v) is 5.92. The molecule has 0 atom stereocenters. The van der Waals surface area contributed by atoms with Gasteiger partial charge in [0.1, 0.15) is 23.9 Å². The maximum Gasteiger partial charge on any atom is 0.231 e. The molecular formula is C22H15FO3. The summed E-state index contributed by atoms with van der Waals surface area (Å²) in [6.07, 6.45) is 1.72. The van der Waals surface area contributed by atoms with Gasteiger partial charge in [0.15, 0.2) is 5.76 Å². The molecule has 1 aliphatic rings. The largest absolute Gasteiger partial charge is 0.489 e. The van der Waals surface area contributed by atoms with E-state index in [1.165, 1.54) is 12.1 Å². The van der Waals surface area contributed by atoms with Crippen molar-refractivity contribution in [1.29, 1.82) is 0 Å². The second kappa shape index (κ2) is 6.84. The Balaban J connectivity index is 1.50. The van der Waals surface area contributed by atoms with Crippen molar-refractivity contribution >= 4 is 11.9 Å². The molecule has 0 aromatic heterocycles. The summed E-state index contributed by atoms with van der Waals surface area (Å²) in [5.74, 6) is 0.933. The van der Waals surface area contributed by atoms with E-state index in [2.05, 4.69) is 0 Å². The number of hydrogen-bond donors (Lipinski definition) is 0. The van der Waals surface area contributed by atoms with Crippen LogP contribution < -0.4 is 9.47 Å². The van der Waals surface area contributed by atoms with Crippen LogP contribution in [0.4, 0.5) is 4.39 Å². The highest BCUT2D eigenvalue weighted by Crippen LogP contribution is 2.35. The Kier molecular flexibility index (Phi) is 4.23. The van der Waals surface area contributed by atoms with Gasteiger partial charge in [-0.15, -0.1) is 0 Å². The number of carbonyl (C=O) groups excluding carboxylic acids is 1. The molecular weight excluding hydrogens is 331 g/mol. The average molecular weight is 346 g/mol. The van der Waals surface area contributed by atoms with E-state index in [0.717, 1.165) is 11.1 Å². The predicted molar refractivity (Wildman–Crippen MR) is 96.6 cm³/mol. The van der Waals surface area contributed by atoms with Gasteiger partial charge in [-0.1, -0.05) is 42.5 Å². The molecule has 0 bridgehead atoms. The summed E-state index contributed by atoms with van der Waals surface area (Å²) in [6, 6.07) is 20.8. The summed E-state index contributed by atoms with van der Waals surface area (Å²) < 4.78 is 24.4. The fourth-order valence-electron chi connectivity index (χ4n) is 2.70. The van der Waals surface area contributed by atoms with Crippen molar-refractivity contribution in [2.24, 2.45) is 0 Å². The predicted octanol–water partition coefficient (Wildman–Crippen LogP) is 5.02. The highest BCUT2D eigenvalue weighted by molar-refractivity contribution is 6.14. The van der Waals surface area contributed by atoms with Crippen molar-refractivity contribution in [3.05, 3.63) is 101 Å². The number of hydrogen-bond acceptors (Lipinski definition) is 3. The Bertz CT molecular complexity index is 976. The fourth-order valence-corrected chi connectivity index (χ4v) is 2.70. The zero-order chi connectivity index (χ0) is 17.9. The van der Waals surface area contributed by atoms with Gasteiger partial charge in [0, 0.05) is 6.07 Å². The smallest absolute Gasteiger partial charge is 0.231 e. The van der Waals surface area contributed by atoms with E-state index in [4.69, 9.17) is 9.47 Å². The van der Waals surface area contributed by atoms with E-state index >= 15 is 0 Å². The summed E-state index contributed by atoms with van der Waals surface area (Å²) in [5, 5.41) is 0. The molecule has 1 heterocycles. The Labute approximate surface area is 150 Å².